The SMILES string of the molecule is Oc1ccc[c]c1-c1ccccc1F. The van der Waals surface area contributed by atoms with Gasteiger partial charge in [0.2, 0.25) is 0 Å². The monoisotopic (exact) mass is 187 g/mol. The smallest absolute Gasteiger partial charge is 0.131 e. The molecule has 0 atom stereocenters. The molecular weight excluding hydrogens is 179 g/mol. The van der Waals surface area contributed by atoms with Gasteiger partial charge in [-0.15, -0.1) is 0 Å². The average Bonchev–Trinajstić information content (AvgIpc) is 2.20. The first kappa shape index (κ1) is 8.75. The van der Waals surface area contributed by atoms with Crippen LogP contribution >= 0.6 is 0 Å². The Labute approximate surface area is 81.4 Å². The zero-order valence-corrected chi connectivity index (χ0v) is 7.37. The van der Waals surface area contributed by atoms with Crippen molar-refractivity contribution >= 4 is 0 Å². The summed E-state index contributed by atoms with van der Waals surface area (Å²) in [6.45, 7) is 0. The predicted octanol–water partition coefficient (Wildman–Crippen LogP) is 3.00. The molecule has 2 heteroatoms. The van der Waals surface area contributed by atoms with E-state index in [-0.39, 0.29) is 11.6 Å². The molecule has 0 fully saturated rings. The van der Waals surface area contributed by atoms with E-state index in [9.17, 15) is 9.50 Å². The minimum atomic E-state index is -0.356. The Morgan fingerprint density at radius 1 is 1.07 bits per heavy atom. The molecular formula is C12H8FO. The molecule has 0 aliphatic heterocycles. The van der Waals surface area contributed by atoms with Crippen molar-refractivity contribution in [2.45, 2.75) is 0 Å². The van der Waals surface area contributed by atoms with E-state index in [0.717, 1.165) is 0 Å². The summed E-state index contributed by atoms with van der Waals surface area (Å²) in [6.07, 6.45) is 0. The molecule has 1 N–H and O–H groups in total. The molecule has 0 spiro atoms. The van der Waals surface area contributed by atoms with Crippen LogP contribution in [0.15, 0.2) is 42.5 Å². The van der Waals surface area contributed by atoms with Gasteiger partial charge in [-0.3, -0.25) is 0 Å². The number of hydrogen-bond donors (Lipinski definition) is 1. The lowest BCUT2D eigenvalue weighted by Crippen LogP contribution is -1.83. The number of phenolic OH excluding ortho intramolecular Hbond substituents is 1. The van der Waals surface area contributed by atoms with E-state index in [0.29, 0.717) is 11.1 Å². The van der Waals surface area contributed by atoms with Gasteiger partial charge in [0, 0.05) is 11.1 Å². The lowest BCUT2D eigenvalue weighted by atomic mass is 10.0. The normalized spacial score (nSPS) is 10.1. The fraction of sp³-hybridized carbons (Fsp3) is 0. The number of rotatable bonds is 1. The van der Waals surface area contributed by atoms with E-state index in [1.807, 2.05) is 0 Å². The van der Waals surface area contributed by atoms with Crippen molar-refractivity contribution in [1.82, 2.24) is 0 Å². The van der Waals surface area contributed by atoms with Gasteiger partial charge in [0.15, 0.2) is 0 Å². The Morgan fingerprint density at radius 2 is 1.86 bits per heavy atom. The third-order valence-electron chi connectivity index (χ3n) is 1.98. The summed E-state index contributed by atoms with van der Waals surface area (Å²) < 4.78 is 13.3. The van der Waals surface area contributed by atoms with Crippen molar-refractivity contribution in [1.29, 1.82) is 0 Å². The molecule has 0 aliphatic rings. The van der Waals surface area contributed by atoms with Gasteiger partial charge < -0.3 is 5.11 Å². The second-order valence-corrected chi connectivity index (χ2v) is 2.91. The first-order chi connectivity index (χ1) is 6.79. The van der Waals surface area contributed by atoms with Crippen LogP contribution in [0.1, 0.15) is 0 Å². The van der Waals surface area contributed by atoms with Crippen LogP contribution in [0.25, 0.3) is 11.1 Å². The molecule has 0 saturated carbocycles. The first-order valence-corrected chi connectivity index (χ1v) is 4.23. The van der Waals surface area contributed by atoms with E-state index >= 15 is 0 Å². The van der Waals surface area contributed by atoms with Crippen LogP contribution in [-0.4, -0.2) is 5.11 Å². The zero-order chi connectivity index (χ0) is 9.97. The molecule has 0 amide bonds. The number of aromatic hydroxyl groups is 1. The Kier molecular flexibility index (Phi) is 2.19. The highest BCUT2D eigenvalue weighted by Gasteiger charge is 2.07. The van der Waals surface area contributed by atoms with E-state index in [1.54, 1.807) is 30.3 Å². The van der Waals surface area contributed by atoms with Crippen LogP contribution in [0.3, 0.4) is 0 Å². The van der Waals surface area contributed by atoms with Gasteiger partial charge >= 0.3 is 0 Å². The van der Waals surface area contributed by atoms with E-state index in [1.165, 1.54) is 12.1 Å². The summed E-state index contributed by atoms with van der Waals surface area (Å²) in [6, 6.07) is 13.9. The highest BCUT2D eigenvalue weighted by molar-refractivity contribution is 5.69. The molecule has 0 heterocycles. The molecule has 0 bridgehead atoms. The Bertz CT molecular complexity index is 408. The maximum Gasteiger partial charge on any atom is 0.131 e. The number of benzene rings is 2. The van der Waals surface area contributed by atoms with Crippen molar-refractivity contribution in [3.63, 3.8) is 0 Å². The summed E-state index contributed by atoms with van der Waals surface area (Å²) in [5, 5.41) is 9.49. The van der Waals surface area contributed by atoms with Gasteiger partial charge in [-0.05, 0) is 18.2 Å². The third kappa shape index (κ3) is 1.46. The fourth-order valence-electron chi connectivity index (χ4n) is 1.31. The molecule has 2 aromatic carbocycles. The van der Waals surface area contributed by atoms with Gasteiger partial charge in [-0.25, -0.2) is 4.39 Å². The Balaban J connectivity index is 2.61. The van der Waals surface area contributed by atoms with Gasteiger partial charge in [0.05, 0.1) is 0 Å². The van der Waals surface area contributed by atoms with Crippen LogP contribution in [0, 0.1) is 11.9 Å². The second-order valence-electron chi connectivity index (χ2n) is 2.91. The highest BCUT2D eigenvalue weighted by atomic mass is 19.1. The van der Waals surface area contributed by atoms with Crippen molar-refractivity contribution in [2.75, 3.05) is 0 Å². The maximum atomic E-state index is 13.3. The first-order valence-electron chi connectivity index (χ1n) is 4.23. The Hall–Kier alpha value is -1.83. The van der Waals surface area contributed by atoms with Crippen molar-refractivity contribution < 1.29 is 9.50 Å². The predicted molar refractivity (Wildman–Crippen MR) is 52.3 cm³/mol. The minimum absolute atomic E-state index is 0.0394. The van der Waals surface area contributed by atoms with Gasteiger partial charge in [-0.1, -0.05) is 30.3 Å². The summed E-state index contributed by atoms with van der Waals surface area (Å²) in [5.74, 6) is -0.317. The third-order valence-corrected chi connectivity index (χ3v) is 1.98. The molecule has 1 radical (unpaired) electrons. The van der Waals surface area contributed by atoms with Crippen LogP contribution < -0.4 is 0 Å². The Morgan fingerprint density at radius 3 is 2.57 bits per heavy atom. The van der Waals surface area contributed by atoms with Gasteiger partial charge in [0.25, 0.3) is 0 Å². The lowest BCUT2D eigenvalue weighted by Gasteiger charge is -2.04. The van der Waals surface area contributed by atoms with E-state index < -0.39 is 0 Å². The van der Waals surface area contributed by atoms with Crippen LogP contribution in [0.5, 0.6) is 5.75 Å². The minimum Gasteiger partial charge on any atom is -0.507 e. The quantitative estimate of drug-likeness (QED) is 0.727. The van der Waals surface area contributed by atoms with Gasteiger partial charge in [-0.2, -0.15) is 0 Å². The maximum absolute atomic E-state index is 13.3. The fourth-order valence-corrected chi connectivity index (χ4v) is 1.31. The average molecular weight is 187 g/mol. The molecule has 0 saturated heterocycles. The molecule has 69 valence electrons. The largest absolute Gasteiger partial charge is 0.507 e. The second kappa shape index (κ2) is 3.50. The molecule has 0 aliphatic carbocycles. The molecule has 0 unspecified atom stereocenters. The van der Waals surface area contributed by atoms with E-state index in [2.05, 4.69) is 6.07 Å². The highest BCUT2D eigenvalue weighted by Crippen LogP contribution is 2.29. The van der Waals surface area contributed by atoms with Crippen molar-refractivity contribution in [3.05, 3.63) is 54.3 Å². The topological polar surface area (TPSA) is 20.2 Å². The standard InChI is InChI=1S/C12H8FO/c13-11-7-3-1-5-9(11)10-6-2-4-8-12(10)14/h1-5,7-8,14H. The summed E-state index contributed by atoms with van der Waals surface area (Å²) >= 11 is 0. The lowest BCUT2D eigenvalue weighted by molar-refractivity contribution is 0.476. The van der Waals surface area contributed by atoms with Gasteiger partial charge in [0.1, 0.15) is 11.6 Å². The van der Waals surface area contributed by atoms with E-state index in [4.69, 9.17) is 0 Å². The van der Waals surface area contributed by atoms with Crippen LogP contribution in [-0.2, 0) is 0 Å². The summed E-state index contributed by atoms with van der Waals surface area (Å²) in [4.78, 5) is 0. The number of halogens is 1. The molecule has 0 aromatic heterocycles. The molecule has 2 rings (SSSR count). The summed E-state index contributed by atoms with van der Waals surface area (Å²) in [5.41, 5.74) is 0.760. The molecule has 1 nitrogen and oxygen atoms in total. The zero-order valence-electron chi connectivity index (χ0n) is 7.37. The molecule has 14 heavy (non-hydrogen) atoms. The van der Waals surface area contributed by atoms with Crippen LogP contribution in [0.2, 0.25) is 0 Å². The number of hydrogen-bond acceptors (Lipinski definition) is 1. The van der Waals surface area contributed by atoms with Crippen LogP contribution in [0.4, 0.5) is 4.39 Å². The summed E-state index contributed by atoms with van der Waals surface area (Å²) in [7, 11) is 0. The van der Waals surface area contributed by atoms with Crippen molar-refractivity contribution in [3.8, 4) is 16.9 Å². The molecule has 2 aromatic rings. The van der Waals surface area contributed by atoms with Crippen molar-refractivity contribution in [2.24, 2.45) is 0 Å². The number of phenols is 1.